The Labute approximate surface area is 95.3 Å². The Balaban J connectivity index is 1.97. The third kappa shape index (κ3) is 3.04. The Morgan fingerprint density at radius 1 is 1.38 bits per heavy atom. The Bertz CT molecular complexity index is 445. The van der Waals surface area contributed by atoms with E-state index in [2.05, 4.69) is 0 Å². The van der Waals surface area contributed by atoms with Crippen LogP contribution in [0.15, 0.2) is 29.2 Å². The molecule has 1 heterocycles. The molecule has 88 valence electrons. The van der Waals surface area contributed by atoms with Gasteiger partial charge in [-0.25, -0.2) is 0 Å². The van der Waals surface area contributed by atoms with Crippen molar-refractivity contribution in [3.8, 4) is 0 Å². The maximum Gasteiger partial charge on any atom is 0.296 e. The van der Waals surface area contributed by atoms with Crippen molar-refractivity contribution in [2.45, 2.75) is 24.3 Å². The zero-order chi connectivity index (χ0) is 11.6. The minimum absolute atomic E-state index is 0.181. The first-order chi connectivity index (χ1) is 7.58. The first-order valence-corrected chi connectivity index (χ1v) is 6.56. The van der Waals surface area contributed by atoms with Gasteiger partial charge in [0.2, 0.25) is 0 Å². The molecule has 1 atom stereocenters. The van der Waals surface area contributed by atoms with Crippen LogP contribution in [0.3, 0.4) is 0 Å². The Morgan fingerprint density at radius 3 is 2.56 bits per heavy atom. The van der Waals surface area contributed by atoms with E-state index >= 15 is 0 Å². The lowest BCUT2D eigenvalue weighted by Gasteiger charge is -2.04. The van der Waals surface area contributed by atoms with Crippen LogP contribution in [-0.4, -0.2) is 27.7 Å². The molecule has 4 nitrogen and oxygen atoms in total. The van der Waals surface area contributed by atoms with Gasteiger partial charge in [-0.05, 0) is 19.1 Å². The number of aryl methyl sites for hydroxylation is 1. The largest absolute Gasteiger partial charge is 0.373 e. The van der Waals surface area contributed by atoms with Gasteiger partial charge in [0.15, 0.2) is 0 Å². The second kappa shape index (κ2) is 4.53. The maximum atomic E-state index is 11.7. The first kappa shape index (κ1) is 11.6. The normalized spacial score (nSPS) is 19.7. The molecule has 0 bridgehead atoms. The average molecular weight is 242 g/mol. The fourth-order valence-corrected chi connectivity index (χ4v) is 2.22. The fourth-order valence-electron chi connectivity index (χ4n) is 1.30. The van der Waals surface area contributed by atoms with E-state index in [-0.39, 0.29) is 17.6 Å². The first-order valence-electron chi connectivity index (χ1n) is 5.16. The second-order valence-corrected chi connectivity index (χ2v) is 5.45. The van der Waals surface area contributed by atoms with Crippen LogP contribution >= 0.6 is 0 Å². The maximum absolute atomic E-state index is 11.7. The van der Waals surface area contributed by atoms with E-state index in [0.717, 1.165) is 5.56 Å². The van der Waals surface area contributed by atoms with E-state index in [1.807, 2.05) is 6.92 Å². The van der Waals surface area contributed by atoms with Crippen LogP contribution in [0.5, 0.6) is 0 Å². The van der Waals surface area contributed by atoms with E-state index < -0.39 is 10.1 Å². The molecule has 0 radical (unpaired) electrons. The van der Waals surface area contributed by atoms with Crippen LogP contribution in [0, 0.1) is 6.92 Å². The molecule has 2 rings (SSSR count). The van der Waals surface area contributed by atoms with Gasteiger partial charge in [-0.2, -0.15) is 8.42 Å². The van der Waals surface area contributed by atoms with Gasteiger partial charge in [0.05, 0.1) is 24.2 Å². The van der Waals surface area contributed by atoms with E-state index in [4.69, 9.17) is 8.92 Å². The van der Waals surface area contributed by atoms with E-state index in [0.29, 0.717) is 13.0 Å². The molecule has 1 aromatic rings. The third-order valence-electron chi connectivity index (χ3n) is 2.39. The quantitative estimate of drug-likeness (QED) is 0.580. The fraction of sp³-hybridized carbons (Fsp3) is 0.455. The number of benzene rings is 1. The number of epoxide rings is 1. The number of hydrogen-bond donors (Lipinski definition) is 0. The minimum atomic E-state index is -3.60. The predicted molar refractivity (Wildman–Crippen MR) is 58.7 cm³/mol. The van der Waals surface area contributed by atoms with E-state index in [1.54, 1.807) is 24.3 Å². The molecule has 0 N–H and O–H groups in total. The molecule has 0 spiro atoms. The molecule has 1 aliphatic rings. The van der Waals surface area contributed by atoms with Crippen molar-refractivity contribution in [2.24, 2.45) is 0 Å². The zero-order valence-electron chi connectivity index (χ0n) is 9.05. The van der Waals surface area contributed by atoms with Crippen molar-refractivity contribution in [3.63, 3.8) is 0 Å². The van der Waals surface area contributed by atoms with Gasteiger partial charge in [0.25, 0.3) is 10.1 Å². The highest BCUT2D eigenvalue weighted by molar-refractivity contribution is 7.86. The zero-order valence-corrected chi connectivity index (χ0v) is 9.87. The lowest BCUT2D eigenvalue weighted by molar-refractivity contribution is 0.286. The van der Waals surface area contributed by atoms with Crippen molar-refractivity contribution in [1.82, 2.24) is 0 Å². The average Bonchev–Trinajstić information content (AvgIpc) is 3.02. The molecule has 1 saturated heterocycles. The number of hydrogen-bond acceptors (Lipinski definition) is 4. The number of ether oxygens (including phenoxy) is 1. The van der Waals surface area contributed by atoms with Crippen molar-refractivity contribution in [3.05, 3.63) is 29.8 Å². The predicted octanol–water partition coefficient (Wildman–Crippen LogP) is 1.49. The highest BCUT2D eigenvalue weighted by atomic mass is 32.2. The molecule has 0 amide bonds. The summed E-state index contributed by atoms with van der Waals surface area (Å²) in [5.41, 5.74) is 1.02. The van der Waals surface area contributed by atoms with Crippen LogP contribution < -0.4 is 0 Å². The summed E-state index contributed by atoms with van der Waals surface area (Å²) < 4.78 is 33.2. The van der Waals surface area contributed by atoms with Gasteiger partial charge in [0, 0.05) is 6.42 Å². The van der Waals surface area contributed by atoms with Crippen molar-refractivity contribution < 1.29 is 17.3 Å². The van der Waals surface area contributed by atoms with E-state index in [9.17, 15) is 8.42 Å². The highest BCUT2D eigenvalue weighted by Gasteiger charge is 2.23. The highest BCUT2D eigenvalue weighted by Crippen LogP contribution is 2.17. The summed E-state index contributed by atoms with van der Waals surface area (Å²) in [6, 6.07) is 6.61. The Morgan fingerprint density at radius 2 is 2.00 bits per heavy atom. The van der Waals surface area contributed by atoms with Gasteiger partial charge < -0.3 is 4.74 Å². The summed E-state index contributed by atoms with van der Waals surface area (Å²) in [4.78, 5) is 0.204. The Hall–Kier alpha value is -0.910. The molecule has 1 aliphatic heterocycles. The molecular weight excluding hydrogens is 228 g/mol. The minimum Gasteiger partial charge on any atom is -0.373 e. The van der Waals surface area contributed by atoms with Gasteiger partial charge >= 0.3 is 0 Å². The Kier molecular flexibility index (Phi) is 3.28. The molecule has 16 heavy (non-hydrogen) atoms. The van der Waals surface area contributed by atoms with Crippen LogP contribution in [0.25, 0.3) is 0 Å². The topological polar surface area (TPSA) is 55.9 Å². The van der Waals surface area contributed by atoms with Gasteiger partial charge in [-0.3, -0.25) is 4.18 Å². The molecule has 0 aromatic heterocycles. The van der Waals surface area contributed by atoms with Gasteiger partial charge in [-0.1, -0.05) is 17.7 Å². The summed E-state index contributed by atoms with van der Waals surface area (Å²) in [5, 5.41) is 0. The monoisotopic (exact) mass is 242 g/mol. The summed E-state index contributed by atoms with van der Waals surface area (Å²) in [5.74, 6) is 0. The van der Waals surface area contributed by atoms with E-state index in [1.165, 1.54) is 0 Å². The standard InChI is InChI=1S/C11H14O4S/c1-9-2-4-11(5-3-9)16(12,13)15-7-6-10-8-14-10/h2-5,10H,6-8H2,1H3/t10-/m0/s1. The third-order valence-corrected chi connectivity index (χ3v) is 3.72. The van der Waals surface area contributed by atoms with Crippen LogP contribution in [0.4, 0.5) is 0 Å². The van der Waals surface area contributed by atoms with Crippen LogP contribution in [0.2, 0.25) is 0 Å². The molecule has 1 aromatic carbocycles. The van der Waals surface area contributed by atoms with Crippen LogP contribution in [0.1, 0.15) is 12.0 Å². The summed E-state index contributed by atoms with van der Waals surface area (Å²) in [6.45, 7) is 2.80. The molecule has 1 fully saturated rings. The molecule has 5 heteroatoms. The lowest BCUT2D eigenvalue weighted by atomic mass is 10.2. The molecular formula is C11H14O4S. The smallest absolute Gasteiger partial charge is 0.296 e. The number of rotatable bonds is 5. The summed E-state index contributed by atoms with van der Waals surface area (Å²) >= 11 is 0. The molecule has 0 saturated carbocycles. The SMILES string of the molecule is Cc1ccc(S(=O)(=O)OCC[C@H]2CO2)cc1. The van der Waals surface area contributed by atoms with Crippen LogP contribution in [-0.2, 0) is 19.0 Å². The second-order valence-electron chi connectivity index (χ2n) is 3.83. The molecule has 0 aliphatic carbocycles. The van der Waals surface area contributed by atoms with Crippen molar-refractivity contribution >= 4 is 10.1 Å². The molecule has 0 unspecified atom stereocenters. The van der Waals surface area contributed by atoms with Crippen molar-refractivity contribution in [1.29, 1.82) is 0 Å². The van der Waals surface area contributed by atoms with Crippen molar-refractivity contribution in [2.75, 3.05) is 13.2 Å². The van der Waals surface area contributed by atoms with Gasteiger partial charge in [0.1, 0.15) is 0 Å². The lowest BCUT2D eigenvalue weighted by Crippen LogP contribution is -2.08. The summed E-state index contributed by atoms with van der Waals surface area (Å²) in [6.07, 6.45) is 0.818. The van der Waals surface area contributed by atoms with Gasteiger partial charge in [-0.15, -0.1) is 0 Å². The summed E-state index contributed by atoms with van der Waals surface area (Å²) in [7, 11) is -3.60.